The maximum atomic E-state index is 13.5. The first-order valence-corrected chi connectivity index (χ1v) is 15.7. The van der Waals surface area contributed by atoms with E-state index in [0.717, 1.165) is 41.7 Å². The summed E-state index contributed by atoms with van der Waals surface area (Å²) < 4.78 is 55.9. The number of phenols is 1. The number of nitrogens with zero attached hydrogens (tertiary/aromatic N) is 2. The van der Waals surface area contributed by atoms with E-state index < -0.39 is 32.0 Å². The Labute approximate surface area is 220 Å². The molecule has 0 spiro atoms. The zero-order valence-electron chi connectivity index (χ0n) is 19.9. The molecule has 12 heteroatoms. The predicted octanol–water partition coefficient (Wildman–Crippen LogP) is 3.38. The molecular formula is C25H27N3O6S3. The molecule has 1 amide bonds. The molecule has 2 aliphatic heterocycles. The summed E-state index contributed by atoms with van der Waals surface area (Å²) in [6.07, 6.45) is 2.66. The first-order chi connectivity index (χ1) is 17.7. The van der Waals surface area contributed by atoms with Crippen LogP contribution in [0.15, 0.2) is 69.1 Å². The molecule has 5 rings (SSSR count). The number of hydrogen-bond acceptors (Lipinski definition) is 7. The fourth-order valence-corrected chi connectivity index (χ4v) is 8.98. The smallest absolute Gasteiger partial charge is 0.253 e. The van der Waals surface area contributed by atoms with E-state index in [-0.39, 0.29) is 33.5 Å². The number of piperidine rings is 1. The molecule has 2 N–H and O–H groups in total. The van der Waals surface area contributed by atoms with Crippen LogP contribution in [0.4, 0.5) is 5.69 Å². The summed E-state index contributed by atoms with van der Waals surface area (Å²) in [5.41, 5.74) is 1.57. The highest BCUT2D eigenvalue weighted by atomic mass is 32.2. The van der Waals surface area contributed by atoms with Crippen LogP contribution in [0, 0.1) is 0 Å². The predicted molar refractivity (Wildman–Crippen MR) is 140 cm³/mol. The summed E-state index contributed by atoms with van der Waals surface area (Å²) >= 11 is 1.07. The largest absolute Gasteiger partial charge is 0.506 e. The number of rotatable bonds is 6. The van der Waals surface area contributed by atoms with Gasteiger partial charge >= 0.3 is 0 Å². The number of thiophene rings is 1. The first kappa shape index (κ1) is 25.9. The van der Waals surface area contributed by atoms with E-state index in [1.54, 1.807) is 11.4 Å². The zero-order valence-corrected chi connectivity index (χ0v) is 22.4. The number of carbonyl (C=O) groups is 1. The van der Waals surface area contributed by atoms with E-state index in [1.807, 2.05) is 24.3 Å². The van der Waals surface area contributed by atoms with E-state index in [2.05, 4.69) is 5.32 Å². The Hall–Kier alpha value is -2.77. The van der Waals surface area contributed by atoms with Gasteiger partial charge in [-0.25, -0.2) is 16.8 Å². The van der Waals surface area contributed by atoms with Gasteiger partial charge in [0.25, 0.3) is 10.0 Å². The van der Waals surface area contributed by atoms with Crippen molar-refractivity contribution in [2.75, 3.05) is 18.4 Å². The number of hydrogen-bond donors (Lipinski definition) is 2. The van der Waals surface area contributed by atoms with Crippen molar-refractivity contribution in [1.82, 2.24) is 8.61 Å². The molecular weight excluding hydrogens is 534 g/mol. The molecule has 1 saturated heterocycles. The van der Waals surface area contributed by atoms with Crippen LogP contribution in [0.3, 0.4) is 0 Å². The summed E-state index contributed by atoms with van der Waals surface area (Å²) in [5.74, 6) is -0.965. The van der Waals surface area contributed by atoms with Gasteiger partial charge in [0.1, 0.15) is 16.0 Å². The molecule has 0 aliphatic carbocycles. The van der Waals surface area contributed by atoms with Crippen LogP contribution in [0.25, 0.3) is 0 Å². The quantitative estimate of drug-likeness (QED) is 0.445. The van der Waals surface area contributed by atoms with Crippen molar-refractivity contribution in [2.24, 2.45) is 0 Å². The Morgan fingerprint density at radius 3 is 2.35 bits per heavy atom. The number of amides is 1. The van der Waals surface area contributed by atoms with Crippen molar-refractivity contribution in [3.05, 3.63) is 71.1 Å². The van der Waals surface area contributed by atoms with Gasteiger partial charge in [0.05, 0.1) is 10.6 Å². The van der Waals surface area contributed by atoms with E-state index in [0.29, 0.717) is 13.1 Å². The number of aromatic hydroxyl groups is 1. The topological polar surface area (TPSA) is 124 Å². The number of phenolic OH excluding ortho intramolecular Hbond substituents is 1. The average molecular weight is 562 g/mol. The summed E-state index contributed by atoms with van der Waals surface area (Å²) in [5, 5.41) is 14.7. The number of benzene rings is 2. The summed E-state index contributed by atoms with van der Waals surface area (Å²) in [6, 6.07) is 13.1. The van der Waals surface area contributed by atoms with Crippen molar-refractivity contribution >= 4 is 43.0 Å². The molecule has 1 atom stereocenters. The molecule has 1 aromatic heterocycles. The normalized spacial score (nSPS) is 19.3. The number of sulfonamides is 2. The molecule has 9 nitrogen and oxygen atoms in total. The van der Waals surface area contributed by atoms with E-state index in [4.69, 9.17) is 0 Å². The highest BCUT2D eigenvalue weighted by molar-refractivity contribution is 7.91. The monoisotopic (exact) mass is 561 g/mol. The molecule has 1 fully saturated rings. The van der Waals surface area contributed by atoms with Crippen LogP contribution in [-0.4, -0.2) is 55.6 Å². The van der Waals surface area contributed by atoms with Crippen LogP contribution in [0.1, 0.15) is 30.4 Å². The zero-order chi connectivity index (χ0) is 26.2. The Kier molecular flexibility index (Phi) is 7.12. The van der Waals surface area contributed by atoms with Gasteiger partial charge < -0.3 is 10.4 Å². The van der Waals surface area contributed by atoms with Gasteiger partial charge in [-0.15, -0.1) is 11.3 Å². The molecule has 37 heavy (non-hydrogen) atoms. The van der Waals surface area contributed by atoms with Gasteiger partial charge in [-0.05, 0) is 60.0 Å². The molecule has 196 valence electrons. The van der Waals surface area contributed by atoms with Crippen LogP contribution in [0.2, 0.25) is 0 Å². The third-order valence-electron chi connectivity index (χ3n) is 6.74. The average Bonchev–Trinajstić information content (AvgIpc) is 3.46. The minimum atomic E-state index is -3.98. The lowest BCUT2D eigenvalue weighted by molar-refractivity contribution is -0.120. The number of carbonyl (C=O) groups excluding carboxylic acids is 1. The Bertz CT molecular complexity index is 1510. The van der Waals surface area contributed by atoms with Crippen molar-refractivity contribution < 1.29 is 26.7 Å². The van der Waals surface area contributed by atoms with E-state index in [1.165, 1.54) is 32.9 Å². The summed E-state index contributed by atoms with van der Waals surface area (Å²) in [6.45, 7) is 0.855. The van der Waals surface area contributed by atoms with Crippen LogP contribution >= 0.6 is 11.3 Å². The lowest BCUT2D eigenvalue weighted by atomic mass is 9.95. The molecule has 0 saturated carbocycles. The minimum Gasteiger partial charge on any atom is -0.506 e. The number of anilines is 1. The van der Waals surface area contributed by atoms with Crippen molar-refractivity contribution in [2.45, 2.75) is 47.4 Å². The molecule has 2 aromatic carbocycles. The molecule has 3 aromatic rings. The van der Waals surface area contributed by atoms with Crippen LogP contribution < -0.4 is 5.32 Å². The van der Waals surface area contributed by atoms with Gasteiger partial charge in [-0.3, -0.25) is 4.79 Å². The third kappa shape index (κ3) is 5.04. The molecule has 2 aliphatic rings. The SMILES string of the molecule is O=C(Nc1cc(S(=O)(=O)N2CCCCC2)ccc1O)[C@@H]1Cc2ccccc2CN1S(=O)(=O)c1cccs1. The third-order valence-corrected chi connectivity index (χ3v) is 11.9. The summed E-state index contributed by atoms with van der Waals surface area (Å²) in [7, 11) is -7.78. The van der Waals surface area contributed by atoms with Crippen molar-refractivity contribution in [3.8, 4) is 5.75 Å². The van der Waals surface area contributed by atoms with Gasteiger partial charge in [0.15, 0.2) is 0 Å². The number of nitrogens with one attached hydrogen (secondary N) is 1. The molecule has 3 heterocycles. The minimum absolute atomic E-state index is 0.0177. The Morgan fingerprint density at radius 1 is 0.919 bits per heavy atom. The molecule has 0 radical (unpaired) electrons. The second kappa shape index (κ2) is 10.2. The Morgan fingerprint density at radius 2 is 1.65 bits per heavy atom. The van der Waals surface area contributed by atoms with Gasteiger partial charge in [0, 0.05) is 19.6 Å². The van der Waals surface area contributed by atoms with Crippen LogP contribution in [-0.2, 0) is 37.8 Å². The summed E-state index contributed by atoms with van der Waals surface area (Å²) in [4.78, 5) is 13.5. The maximum absolute atomic E-state index is 13.5. The Balaban J connectivity index is 1.46. The van der Waals surface area contributed by atoms with Gasteiger partial charge in [-0.1, -0.05) is 36.8 Å². The lowest BCUT2D eigenvalue weighted by Gasteiger charge is -2.34. The maximum Gasteiger partial charge on any atom is 0.253 e. The fourth-order valence-electron chi connectivity index (χ4n) is 4.75. The molecule has 0 bridgehead atoms. The first-order valence-electron chi connectivity index (χ1n) is 11.9. The van der Waals surface area contributed by atoms with Gasteiger partial charge in [0.2, 0.25) is 15.9 Å². The van der Waals surface area contributed by atoms with E-state index >= 15 is 0 Å². The highest BCUT2D eigenvalue weighted by Gasteiger charge is 2.40. The van der Waals surface area contributed by atoms with E-state index in [9.17, 15) is 26.7 Å². The molecule has 0 unspecified atom stereocenters. The van der Waals surface area contributed by atoms with Gasteiger partial charge in [-0.2, -0.15) is 8.61 Å². The lowest BCUT2D eigenvalue weighted by Crippen LogP contribution is -2.50. The van der Waals surface area contributed by atoms with Crippen molar-refractivity contribution in [3.63, 3.8) is 0 Å². The second-order valence-electron chi connectivity index (χ2n) is 9.10. The van der Waals surface area contributed by atoms with Crippen LogP contribution in [0.5, 0.6) is 5.75 Å². The van der Waals surface area contributed by atoms with Crippen molar-refractivity contribution in [1.29, 1.82) is 0 Å². The highest BCUT2D eigenvalue weighted by Crippen LogP contribution is 2.33. The second-order valence-corrected chi connectivity index (χ2v) is 14.1. The standard InChI is InChI=1S/C25H27N3O6S3/c29-23-11-10-20(36(31,32)27-12-4-1-5-13-27)16-21(23)26-25(30)22-15-18-7-2-3-8-19(18)17-28(22)37(33,34)24-9-6-14-35-24/h2-3,6-11,14,16,22,29H,1,4-5,12-13,15,17H2,(H,26,30)/t22-/m0/s1. The number of fused-ring (bicyclic) bond motifs is 1. The fraction of sp³-hybridized carbons (Fsp3) is 0.320.